The fraction of sp³-hybridized carbons (Fsp3) is 1.00. The molecule has 2 fully saturated rings. The molecule has 2 rings (SSSR count). The van der Waals surface area contributed by atoms with Crippen molar-refractivity contribution in [1.82, 2.24) is 4.90 Å². The Labute approximate surface area is 86.6 Å². The molecule has 82 valence electrons. The van der Waals surface area contributed by atoms with Crippen molar-refractivity contribution in [2.24, 2.45) is 11.7 Å². The minimum atomic E-state index is 0.396. The van der Waals surface area contributed by atoms with E-state index in [0.29, 0.717) is 6.04 Å². The Morgan fingerprint density at radius 1 is 1.29 bits per heavy atom. The number of hydrogen-bond acceptors (Lipinski definition) is 3. The van der Waals surface area contributed by atoms with E-state index >= 15 is 0 Å². The second-order valence-corrected chi connectivity index (χ2v) is 4.72. The molecule has 1 unspecified atom stereocenters. The molecule has 1 saturated heterocycles. The monoisotopic (exact) mass is 198 g/mol. The van der Waals surface area contributed by atoms with Crippen molar-refractivity contribution >= 4 is 0 Å². The van der Waals surface area contributed by atoms with Crippen LogP contribution in [0.5, 0.6) is 0 Å². The lowest BCUT2D eigenvalue weighted by Crippen LogP contribution is -2.44. The van der Waals surface area contributed by atoms with Crippen molar-refractivity contribution in [2.75, 3.05) is 32.8 Å². The average molecular weight is 198 g/mol. The Hall–Kier alpha value is -0.120. The Morgan fingerprint density at radius 3 is 2.86 bits per heavy atom. The van der Waals surface area contributed by atoms with Gasteiger partial charge in [0.15, 0.2) is 0 Å². The van der Waals surface area contributed by atoms with Crippen LogP contribution in [0.4, 0.5) is 0 Å². The molecule has 2 N–H and O–H groups in total. The lowest BCUT2D eigenvalue weighted by atomic mass is 10.1. The Balaban J connectivity index is 1.50. The Kier molecular flexibility index (Phi) is 3.79. The van der Waals surface area contributed by atoms with E-state index in [-0.39, 0.29) is 0 Å². The van der Waals surface area contributed by atoms with Gasteiger partial charge in [0.05, 0.1) is 6.61 Å². The third kappa shape index (κ3) is 3.56. The fourth-order valence-electron chi connectivity index (χ4n) is 2.02. The molecule has 0 aromatic rings. The molecule has 0 aromatic carbocycles. The quantitative estimate of drug-likeness (QED) is 0.665. The highest BCUT2D eigenvalue weighted by atomic mass is 16.5. The molecule has 3 nitrogen and oxygen atoms in total. The van der Waals surface area contributed by atoms with Crippen molar-refractivity contribution < 1.29 is 4.74 Å². The summed E-state index contributed by atoms with van der Waals surface area (Å²) in [6, 6.07) is 0.396. The number of nitrogens with two attached hydrogens (primary N) is 1. The summed E-state index contributed by atoms with van der Waals surface area (Å²) in [4.78, 5) is 2.43. The first-order valence-electron chi connectivity index (χ1n) is 5.90. The zero-order chi connectivity index (χ0) is 9.80. The van der Waals surface area contributed by atoms with Gasteiger partial charge in [-0.2, -0.15) is 0 Å². The molecule has 0 radical (unpaired) electrons. The maximum absolute atomic E-state index is 5.91. The number of likely N-dealkylation sites (tertiary alicyclic amines) is 1. The number of piperidine rings is 1. The Bertz CT molecular complexity index is 171. The van der Waals surface area contributed by atoms with Crippen LogP contribution in [0.25, 0.3) is 0 Å². The number of rotatable bonds is 5. The fourth-order valence-corrected chi connectivity index (χ4v) is 2.02. The van der Waals surface area contributed by atoms with Crippen molar-refractivity contribution in [3.8, 4) is 0 Å². The minimum Gasteiger partial charge on any atom is -0.380 e. The Morgan fingerprint density at radius 2 is 2.14 bits per heavy atom. The van der Waals surface area contributed by atoms with Crippen LogP contribution in [0.1, 0.15) is 25.7 Å². The highest BCUT2D eigenvalue weighted by Gasteiger charge is 2.21. The lowest BCUT2D eigenvalue weighted by Gasteiger charge is -2.30. The largest absolute Gasteiger partial charge is 0.380 e. The van der Waals surface area contributed by atoms with Crippen LogP contribution in [-0.2, 0) is 4.74 Å². The molecule has 1 atom stereocenters. The summed E-state index contributed by atoms with van der Waals surface area (Å²) >= 11 is 0. The normalized spacial score (nSPS) is 29.4. The van der Waals surface area contributed by atoms with Gasteiger partial charge < -0.3 is 10.5 Å². The highest BCUT2D eigenvalue weighted by molar-refractivity contribution is 4.75. The molecule has 2 aliphatic rings. The van der Waals surface area contributed by atoms with E-state index < -0.39 is 0 Å². The molecule has 0 spiro atoms. The third-order valence-corrected chi connectivity index (χ3v) is 3.14. The van der Waals surface area contributed by atoms with Crippen molar-refractivity contribution in [3.63, 3.8) is 0 Å². The van der Waals surface area contributed by atoms with Crippen LogP contribution in [-0.4, -0.2) is 43.8 Å². The molecule has 0 bridgehead atoms. The van der Waals surface area contributed by atoms with Gasteiger partial charge in [-0.3, -0.25) is 4.90 Å². The number of nitrogens with zero attached hydrogens (tertiary/aromatic N) is 1. The zero-order valence-corrected chi connectivity index (χ0v) is 8.95. The molecule has 1 heterocycles. The van der Waals surface area contributed by atoms with Crippen molar-refractivity contribution in [3.05, 3.63) is 0 Å². The summed E-state index contributed by atoms with van der Waals surface area (Å²) < 4.78 is 5.61. The van der Waals surface area contributed by atoms with E-state index in [1.165, 1.54) is 32.2 Å². The van der Waals surface area contributed by atoms with Crippen LogP contribution in [0.3, 0.4) is 0 Å². The second-order valence-electron chi connectivity index (χ2n) is 4.72. The van der Waals surface area contributed by atoms with Crippen LogP contribution >= 0.6 is 0 Å². The third-order valence-electron chi connectivity index (χ3n) is 3.14. The molecule has 0 amide bonds. The first-order chi connectivity index (χ1) is 6.84. The molecule has 3 heteroatoms. The van der Waals surface area contributed by atoms with Gasteiger partial charge in [-0.05, 0) is 38.1 Å². The maximum atomic E-state index is 5.91. The van der Waals surface area contributed by atoms with E-state index in [4.69, 9.17) is 10.5 Å². The van der Waals surface area contributed by atoms with Gasteiger partial charge in [0.2, 0.25) is 0 Å². The van der Waals surface area contributed by atoms with Gasteiger partial charge in [0.25, 0.3) is 0 Å². The van der Waals surface area contributed by atoms with Crippen LogP contribution in [0, 0.1) is 5.92 Å². The second kappa shape index (κ2) is 5.10. The van der Waals surface area contributed by atoms with Gasteiger partial charge in [0, 0.05) is 25.7 Å². The molecular weight excluding hydrogens is 176 g/mol. The van der Waals surface area contributed by atoms with Crippen LogP contribution in [0.2, 0.25) is 0 Å². The first kappa shape index (κ1) is 10.4. The summed E-state index contributed by atoms with van der Waals surface area (Å²) in [5, 5.41) is 0. The van der Waals surface area contributed by atoms with Gasteiger partial charge in [-0.15, -0.1) is 0 Å². The standard InChI is InChI=1S/C11H22N2O/c12-11-2-1-5-13(8-11)6-7-14-9-10-3-4-10/h10-11H,1-9,12H2. The minimum absolute atomic E-state index is 0.396. The van der Waals surface area contributed by atoms with Crippen LogP contribution in [0.15, 0.2) is 0 Å². The topological polar surface area (TPSA) is 38.5 Å². The van der Waals surface area contributed by atoms with E-state index in [2.05, 4.69) is 4.90 Å². The van der Waals surface area contributed by atoms with Gasteiger partial charge in [-0.25, -0.2) is 0 Å². The highest BCUT2D eigenvalue weighted by Crippen LogP contribution is 2.28. The van der Waals surface area contributed by atoms with E-state index in [9.17, 15) is 0 Å². The molecule has 1 saturated carbocycles. The van der Waals surface area contributed by atoms with E-state index in [1.807, 2.05) is 0 Å². The summed E-state index contributed by atoms with van der Waals surface area (Å²) in [7, 11) is 0. The summed E-state index contributed by atoms with van der Waals surface area (Å²) in [6.07, 6.45) is 5.21. The van der Waals surface area contributed by atoms with E-state index in [1.54, 1.807) is 0 Å². The predicted molar refractivity (Wildman–Crippen MR) is 57.2 cm³/mol. The van der Waals surface area contributed by atoms with Crippen molar-refractivity contribution in [1.29, 1.82) is 0 Å². The zero-order valence-electron chi connectivity index (χ0n) is 8.95. The molecule has 14 heavy (non-hydrogen) atoms. The molecule has 1 aliphatic carbocycles. The first-order valence-corrected chi connectivity index (χ1v) is 5.90. The molecule has 1 aliphatic heterocycles. The average Bonchev–Trinajstić information content (AvgIpc) is 2.96. The smallest absolute Gasteiger partial charge is 0.0593 e. The SMILES string of the molecule is NC1CCCN(CCOCC2CC2)C1. The summed E-state index contributed by atoms with van der Waals surface area (Å²) in [6.45, 7) is 5.22. The van der Waals surface area contributed by atoms with Crippen LogP contribution < -0.4 is 5.73 Å². The number of ether oxygens (including phenoxy) is 1. The van der Waals surface area contributed by atoms with Crippen molar-refractivity contribution in [2.45, 2.75) is 31.7 Å². The molecular formula is C11H22N2O. The van der Waals surface area contributed by atoms with Gasteiger partial charge in [0.1, 0.15) is 0 Å². The van der Waals surface area contributed by atoms with E-state index in [0.717, 1.165) is 32.2 Å². The number of hydrogen-bond donors (Lipinski definition) is 1. The van der Waals surface area contributed by atoms with Gasteiger partial charge >= 0.3 is 0 Å². The summed E-state index contributed by atoms with van der Waals surface area (Å²) in [5.41, 5.74) is 5.91. The molecule has 0 aromatic heterocycles. The summed E-state index contributed by atoms with van der Waals surface area (Å²) in [5.74, 6) is 0.888. The lowest BCUT2D eigenvalue weighted by molar-refractivity contribution is 0.0868. The predicted octanol–water partition coefficient (Wildman–Crippen LogP) is 0.836. The maximum Gasteiger partial charge on any atom is 0.0593 e. The van der Waals surface area contributed by atoms with Gasteiger partial charge in [-0.1, -0.05) is 0 Å².